The Labute approximate surface area is 86.9 Å². The van der Waals surface area contributed by atoms with Gasteiger partial charge in [0.15, 0.2) is 0 Å². The standard InChI is InChI=1S/C9H11ClFN3/c10-9-12-4-1-8(13-9)14-5-2-7(11)3-6-14/h1,4,7H,2-3,5-6H2. The molecule has 0 unspecified atom stereocenters. The van der Waals surface area contributed by atoms with E-state index in [1.807, 2.05) is 4.90 Å². The summed E-state index contributed by atoms with van der Waals surface area (Å²) in [5, 5.41) is 0.241. The number of anilines is 1. The molecule has 1 aliphatic rings. The molecule has 0 saturated carbocycles. The van der Waals surface area contributed by atoms with Crippen LogP contribution in [0.1, 0.15) is 12.8 Å². The van der Waals surface area contributed by atoms with Crippen LogP contribution in [-0.4, -0.2) is 29.2 Å². The van der Waals surface area contributed by atoms with Crippen molar-refractivity contribution in [1.82, 2.24) is 9.97 Å². The predicted molar refractivity (Wildman–Crippen MR) is 53.4 cm³/mol. The number of hydrogen-bond acceptors (Lipinski definition) is 3. The first-order valence-electron chi connectivity index (χ1n) is 4.63. The Hall–Kier alpha value is -0.900. The Morgan fingerprint density at radius 2 is 2.14 bits per heavy atom. The van der Waals surface area contributed by atoms with Crippen LogP contribution in [0.25, 0.3) is 0 Å². The molecular formula is C9H11ClFN3. The third-order valence-electron chi connectivity index (χ3n) is 2.36. The molecule has 0 aromatic carbocycles. The average Bonchev–Trinajstić information content (AvgIpc) is 2.19. The molecule has 0 aliphatic carbocycles. The highest BCUT2D eigenvalue weighted by Crippen LogP contribution is 2.19. The van der Waals surface area contributed by atoms with Crippen LogP contribution in [0.15, 0.2) is 12.3 Å². The van der Waals surface area contributed by atoms with E-state index in [1.165, 1.54) is 0 Å². The molecule has 0 radical (unpaired) electrons. The molecule has 2 rings (SSSR count). The van der Waals surface area contributed by atoms with Gasteiger partial charge in [0.2, 0.25) is 5.28 Å². The fourth-order valence-corrected chi connectivity index (χ4v) is 1.72. The summed E-state index contributed by atoms with van der Waals surface area (Å²) in [5.74, 6) is 0.789. The third-order valence-corrected chi connectivity index (χ3v) is 2.54. The SMILES string of the molecule is FC1CCN(c2ccnc(Cl)n2)CC1. The number of piperidine rings is 1. The summed E-state index contributed by atoms with van der Waals surface area (Å²) < 4.78 is 12.9. The lowest BCUT2D eigenvalue weighted by molar-refractivity contribution is 0.276. The zero-order valence-corrected chi connectivity index (χ0v) is 8.41. The number of rotatable bonds is 1. The summed E-state index contributed by atoms with van der Waals surface area (Å²) in [7, 11) is 0. The van der Waals surface area contributed by atoms with E-state index >= 15 is 0 Å². The molecule has 76 valence electrons. The van der Waals surface area contributed by atoms with Gasteiger partial charge in [-0.15, -0.1) is 0 Å². The smallest absolute Gasteiger partial charge is 0.224 e. The molecule has 0 bridgehead atoms. The molecule has 1 fully saturated rings. The molecule has 1 aromatic rings. The van der Waals surface area contributed by atoms with E-state index in [0.29, 0.717) is 25.9 Å². The van der Waals surface area contributed by atoms with Gasteiger partial charge in [-0.2, -0.15) is 0 Å². The van der Waals surface area contributed by atoms with Gasteiger partial charge in [-0.25, -0.2) is 14.4 Å². The average molecular weight is 216 g/mol. The molecule has 2 heterocycles. The normalized spacial score (nSPS) is 18.6. The van der Waals surface area contributed by atoms with Crippen LogP contribution < -0.4 is 4.90 Å². The molecule has 3 nitrogen and oxygen atoms in total. The van der Waals surface area contributed by atoms with Crippen molar-refractivity contribution >= 4 is 17.4 Å². The minimum Gasteiger partial charge on any atom is -0.356 e. The van der Waals surface area contributed by atoms with E-state index in [4.69, 9.17) is 11.6 Å². The summed E-state index contributed by atoms with van der Waals surface area (Å²) in [6, 6.07) is 1.80. The van der Waals surface area contributed by atoms with E-state index < -0.39 is 6.17 Å². The second-order valence-corrected chi connectivity index (χ2v) is 3.68. The van der Waals surface area contributed by atoms with Gasteiger partial charge in [0, 0.05) is 19.3 Å². The van der Waals surface area contributed by atoms with Crippen molar-refractivity contribution in [2.24, 2.45) is 0 Å². The first-order chi connectivity index (χ1) is 6.75. The first-order valence-corrected chi connectivity index (χ1v) is 5.01. The van der Waals surface area contributed by atoms with Gasteiger partial charge in [0.05, 0.1) is 0 Å². The van der Waals surface area contributed by atoms with E-state index in [2.05, 4.69) is 9.97 Å². The largest absolute Gasteiger partial charge is 0.356 e. The first kappa shape index (κ1) is 9.65. The number of nitrogens with zero attached hydrogens (tertiary/aromatic N) is 3. The molecule has 1 aromatic heterocycles. The van der Waals surface area contributed by atoms with E-state index in [0.717, 1.165) is 5.82 Å². The zero-order chi connectivity index (χ0) is 9.97. The van der Waals surface area contributed by atoms with Crippen LogP contribution in [-0.2, 0) is 0 Å². The van der Waals surface area contributed by atoms with Crippen LogP contribution >= 0.6 is 11.6 Å². The number of hydrogen-bond donors (Lipinski definition) is 0. The fraction of sp³-hybridized carbons (Fsp3) is 0.556. The van der Waals surface area contributed by atoms with Crippen LogP contribution in [0, 0.1) is 0 Å². The second kappa shape index (κ2) is 4.09. The zero-order valence-electron chi connectivity index (χ0n) is 7.66. The molecule has 1 aliphatic heterocycles. The van der Waals surface area contributed by atoms with Crippen molar-refractivity contribution in [2.75, 3.05) is 18.0 Å². The van der Waals surface area contributed by atoms with Crippen molar-refractivity contribution in [3.63, 3.8) is 0 Å². The molecular weight excluding hydrogens is 205 g/mol. The van der Waals surface area contributed by atoms with Crippen molar-refractivity contribution in [1.29, 1.82) is 0 Å². The Balaban J connectivity index is 2.08. The minimum atomic E-state index is -0.663. The van der Waals surface area contributed by atoms with Gasteiger partial charge in [0.1, 0.15) is 12.0 Å². The Morgan fingerprint density at radius 3 is 2.79 bits per heavy atom. The quantitative estimate of drug-likeness (QED) is 0.672. The fourth-order valence-electron chi connectivity index (χ4n) is 1.58. The van der Waals surface area contributed by atoms with Gasteiger partial charge < -0.3 is 4.90 Å². The van der Waals surface area contributed by atoms with E-state index in [-0.39, 0.29) is 5.28 Å². The summed E-state index contributed by atoms with van der Waals surface area (Å²) in [4.78, 5) is 9.91. The summed E-state index contributed by atoms with van der Waals surface area (Å²) >= 11 is 5.67. The molecule has 14 heavy (non-hydrogen) atoms. The predicted octanol–water partition coefficient (Wildman–Crippen LogP) is 2.07. The minimum absolute atomic E-state index is 0.241. The van der Waals surface area contributed by atoms with Gasteiger partial charge in [-0.3, -0.25) is 0 Å². The maximum Gasteiger partial charge on any atom is 0.224 e. The Morgan fingerprint density at radius 1 is 1.43 bits per heavy atom. The van der Waals surface area contributed by atoms with Gasteiger partial charge in [-0.1, -0.05) is 0 Å². The number of aromatic nitrogens is 2. The Bertz CT molecular complexity index is 313. The maximum atomic E-state index is 12.9. The van der Waals surface area contributed by atoms with Gasteiger partial charge in [0.25, 0.3) is 0 Å². The van der Waals surface area contributed by atoms with E-state index in [1.54, 1.807) is 12.3 Å². The van der Waals surface area contributed by atoms with Crippen LogP contribution in [0.5, 0.6) is 0 Å². The highest BCUT2D eigenvalue weighted by molar-refractivity contribution is 6.28. The van der Waals surface area contributed by atoms with E-state index in [9.17, 15) is 4.39 Å². The summed E-state index contributed by atoms with van der Waals surface area (Å²) in [5.41, 5.74) is 0. The number of halogens is 2. The molecule has 0 spiro atoms. The van der Waals surface area contributed by atoms with Crippen LogP contribution in [0.3, 0.4) is 0 Å². The maximum absolute atomic E-state index is 12.9. The third kappa shape index (κ3) is 2.12. The molecule has 0 atom stereocenters. The summed E-state index contributed by atoms with van der Waals surface area (Å²) in [6.07, 6.45) is 2.10. The lowest BCUT2D eigenvalue weighted by Gasteiger charge is -2.29. The van der Waals surface area contributed by atoms with Crippen LogP contribution in [0.2, 0.25) is 5.28 Å². The molecule has 0 amide bonds. The lowest BCUT2D eigenvalue weighted by Crippen LogP contribution is -2.34. The highest BCUT2D eigenvalue weighted by Gasteiger charge is 2.19. The summed E-state index contributed by atoms with van der Waals surface area (Å²) in [6.45, 7) is 1.41. The Kier molecular flexibility index (Phi) is 2.82. The topological polar surface area (TPSA) is 29.0 Å². The molecule has 1 saturated heterocycles. The van der Waals surface area contributed by atoms with Crippen molar-refractivity contribution in [3.05, 3.63) is 17.5 Å². The lowest BCUT2D eigenvalue weighted by atomic mass is 10.1. The second-order valence-electron chi connectivity index (χ2n) is 3.35. The monoisotopic (exact) mass is 215 g/mol. The van der Waals surface area contributed by atoms with Crippen molar-refractivity contribution in [2.45, 2.75) is 19.0 Å². The molecule has 5 heteroatoms. The number of alkyl halides is 1. The van der Waals surface area contributed by atoms with Crippen molar-refractivity contribution < 1.29 is 4.39 Å². The highest BCUT2D eigenvalue weighted by atomic mass is 35.5. The van der Waals surface area contributed by atoms with Gasteiger partial charge in [-0.05, 0) is 30.5 Å². The van der Waals surface area contributed by atoms with Crippen molar-refractivity contribution in [3.8, 4) is 0 Å². The molecule has 0 N–H and O–H groups in total. The van der Waals surface area contributed by atoms with Crippen LogP contribution in [0.4, 0.5) is 10.2 Å². The van der Waals surface area contributed by atoms with Gasteiger partial charge >= 0.3 is 0 Å².